The maximum absolute atomic E-state index is 12.3. The second kappa shape index (κ2) is 7.52. The van der Waals surface area contributed by atoms with E-state index in [0.717, 1.165) is 5.56 Å². The third kappa shape index (κ3) is 5.63. The molecular formula is C12H17F2NO3S. The van der Waals surface area contributed by atoms with E-state index >= 15 is 0 Å². The zero-order valence-electron chi connectivity index (χ0n) is 10.4. The highest BCUT2D eigenvalue weighted by Gasteiger charge is 2.24. The van der Waals surface area contributed by atoms with Crippen LogP contribution in [0.5, 0.6) is 0 Å². The summed E-state index contributed by atoms with van der Waals surface area (Å²) in [6.07, 6.45) is -2.49. The number of aliphatic hydroxyl groups excluding tert-OH is 1. The number of aryl methyl sites for hydroxylation is 1. The highest BCUT2D eigenvalue weighted by atomic mass is 32.2. The Morgan fingerprint density at radius 1 is 1.21 bits per heavy atom. The molecule has 0 unspecified atom stereocenters. The first-order valence-corrected chi connectivity index (χ1v) is 7.47. The largest absolute Gasteiger partial charge is 0.395 e. The van der Waals surface area contributed by atoms with Crippen LogP contribution in [-0.2, 0) is 16.4 Å². The van der Waals surface area contributed by atoms with Crippen LogP contribution >= 0.6 is 0 Å². The lowest BCUT2D eigenvalue weighted by molar-refractivity contribution is 0.113. The van der Waals surface area contributed by atoms with E-state index in [-0.39, 0.29) is 18.7 Å². The summed E-state index contributed by atoms with van der Waals surface area (Å²) in [5.74, 6) is -0.246. The minimum Gasteiger partial charge on any atom is -0.395 e. The van der Waals surface area contributed by atoms with Gasteiger partial charge in [0, 0.05) is 6.54 Å². The fourth-order valence-corrected chi connectivity index (χ4v) is 3.08. The molecule has 0 radical (unpaired) electrons. The van der Waals surface area contributed by atoms with Crippen LogP contribution in [0.25, 0.3) is 0 Å². The molecule has 7 heteroatoms. The van der Waals surface area contributed by atoms with Crippen molar-refractivity contribution in [3.05, 3.63) is 35.9 Å². The molecule has 0 bridgehead atoms. The third-order valence-corrected chi connectivity index (χ3v) is 4.41. The van der Waals surface area contributed by atoms with Gasteiger partial charge >= 0.3 is 0 Å². The normalized spacial score (nSPS) is 12.3. The summed E-state index contributed by atoms with van der Waals surface area (Å²) in [4.78, 5) is 0. The van der Waals surface area contributed by atoms with Crippen LogP contribution in [0.3, 0.4) is 0 Å². The molecule has 0 aromatic heterocycles. The van der Waals surface area contributed by atoms with Crippen LogP contribution < -0.4 is 0 Å². The van der Waals surface area contributed by atoms with E-state index in [1.54, 1.807) is 24.3 Å². The van der Waals surface area contributed by atoms with Crippen molar-refractivity contribution in [2.45, 2.75) is 12.8 Å². The second-order valence-corrected chi connectivity index (χ2v) is 6.11. The molecule has 4 nitrogen and oxygen atoms in total. The molecule has 0 fully saturated rings. The molecule has 0 amide bonds. The molecule has 1 aromatic carbocycles. The number of rotatable bonds is 8. The topological polar surface area (TPSA) is 57.6 Å². The van der Waals surface area contributed by atoms with Crippen LogP contribution in [-0.4, -0.2) is 49.7 Å². The highest BCUT2D eigenvalue weighted by Crippen LogP contribution is 2.09. The van der Waals surface area contributed by atoms with Gasteiger partial charge in [0.15, 0.2) is 0 Å². The number of hydrogen-bond donors (Lipinski definition) is 1. The van der Waals surface area contributed by atoms with E-state index in [4.69, 9.17) is 5.11 Å². The van der Waals surface area contributed by atoms with Gasteiger partial charge in [-0.05, 0) is 12.0 Å². The van der Waals surface area contributed by atoms with Crippen LogP contribution in [0.4, 0.5) is 8.78 Å². The van der Waals surface area contributed by atoms with Crippen molar-refractivity contribution in [2.24, 2.45) is 0 Å². The zero-order valence-corrected chi connectivity index (χ0v) is 11.2. The Hall–Kier alpha value is -1.05. The average Bonchev–Trinajstić information content (AvgIpc) is 2.37. The first-order chi connectivity index (χ1) is 8.95. The molecular weight excluding hydrogens is 276 g/mol. The molecule has 0 aliphatic carbocycles. The minimum atomic E-state index is -3.78. The lowest BCUT2D eigenvalue weighted by Crippen LogP contribution is -2.39. The Morgan fingerprint density at radius 3 is 2.37 bits per heavy atom. The number of nitrogens with zero attached hydrogens (tertiary/aromatic N) is 1. The van der Waals surface area contributed by atoms with Gasteiger partial charge in [0.1, 0.15) is 0 Å². The Balaban J connectivity index is 2.66. The predicted octanol–water partition coefficient (Wildman–Crippen LogP) is 1.12. The van der Waals surface area contributed by atoms with E-state index in [1.165, 1.54) is 0 Å². The number of benzene rings is 1. The maximum atomic E-state index is 12.3. The van der Waals surface area contributed by atoms with Gasteiger partial charge < -0.3 is 5.11 Å². The van der Waals surface area contributed by atoms with Crippen molar-refractivity contribution in [1.82, 2.24) is 4.31 Å². The molecule has 0 heterocycles. The van der Waals surface area contributed by atoms with Crippen molar-refractivity contribution < 1.29 is 22.3 Å². The van der Waals surface area contributed by atoms with Crippen LogP contribution in [0, 0.1) is 0 Å². The van der Waals surface area contributed by atoms with Gasteiger partial charge in [-0.2, -0.15) is 4.31 Å². The molecule has 1 aromatic rings. The van der Waals surface area contributed by atoms with Gasteiger partial charge in [0.05, 0.1) is 18.9 Å². The van der Waals surface area contributed by atoms with E-state index in [9.17, 15) is 17.2 Å². The number of hydrogen-bond acceptors (Lipinski definition) is 3. The SMILES string of the molecule is O=S(=O)(CCc1ccccc1)N(CCO)CC(F)F. The molecule has 0 aliphatic heterocycles. The standard InChI is InChI=1S/C12H17F2NO3S/c13-12(14)10-15(7-8-16)19(17,18)9-6-11-4-2-1-3-5-11/h1-5,12,16H,6-10H2. The quantitative estimate of drug-likeness (QED) is 0.781. The molecule has 0 spiro atoms. The Morgan fingerprint density at radius 2 is 1.84 bits per heavy atom. The summed E-state index contributed by atoms with van der Waals surface area (Å²) in [6.45, 7) is -1.66. The average molecular weight is 293 g/mol. The highest BCUT2D eigenvalue weighted by molar-refractivity contribution is 7.89. The monoisotopic (exact) mass is 293 g/mol. The predicted molar refractivity (Wildman–Crippen MR) is 68.6 cm³/mol. The molecule has 1 N–H and O–H groups in total. The minimum absolute atomic E-state index is 0.246. The van der Waals surface area contributed by atoms with E-state index < -0.39 is 29.6 Å². The van der Waals surface area contributed by atoms with Gasteiger partial charge in [-0.25, -0.2) is 17.2 Å². The van der Waals surface area contributed by atoms with Gasteiger partial charge in [-0.15, -0.1) is 0 Å². The summed E-state index contributed by atoms with van der Waals surface area (Å²) < 4.78 is 49.1. The maximum Gasteiger partial charge on any atom is 0.252 e. The van der Waals surface area contributed by atoms with Crippen molar-refractivity contribution in [1.29, 1.82) is 0 Å². The van der Waals surface area contributed by atoms with Crippen molar-refractivity contribution >= 4 is 10.0 Å². The number of aliphatic hydroxyl groups is 1. The summed E-state index contributed by atoms with van der Waals surface area (Å²) in [5, 5.41) is 8.75. The Kier molecular flexibility index (Phi) is 6.33. The van der Waals surface area contributed by atoms with Crippen molar-refractivity contribution in [3.8, 4) is 0 Å². The fraction of sp³-hybridized carbons (Fsp3) is 0.500. The molecule has 1 rings (SSSR count). The lowest BCUT2D eigenvalue weighted by Gasteiger charge is -2.20. The van der Waals surface area contributed by atoms with Crippen molar-refractivity contribution in [3.63, 3.8) is 0 Å². The zero-order chi connectivity index (χ0) is 14.3. The molecule has 19 heavy (non-hydrogen) atoms. The Labute approximate surface area is 111 Å². The summed E-state index contributed by atoms with van der Waals surface area (Å²) in [5.41, 5.74) is 0.826. The second-order valence-electron chi connectivity index (χ2n) is 4.02. The van der Waals surface area contributed by atoms with Crippen molar-refractivity contribution in [2.75, 3.05) is 25.4 Å². The molecule has 0 aliphatic rings. The van der Waals surface area contributed by atoms with Gasteiger partial charge in [0.2, 0.25) is 10.0 Å². The Bertz CT molecular complexity index is 465. The van der Waals surface area contributed by atoms with Gasteiger partial charge in [-0.1, -0.05) is 30.3 Å². The molecule has 0 saturated heterocycles. The number of alkyl halides is 2. The van der Waals surface area contributed by atoms with E-state index in [1.807, 2.05) is 6.07 Å². The third-order valence-electron chi connectivity index (χ3n) is 2.58. The number of sulfonamides is 1. The first kappa shape index (κ1) is 16.0. The summed E-state index contributed by atoms with van der Waals surface area (Å²) in [7, 11) is -3.78. The fourth-order valence-electron chi connectivity index (χ4n) is 1.63. The molecule has 108 valence electrons. The van der Waals surface area contributed by atoms with Crippen LogP contribution in [0.15, 0.2) is 30.3 Å². The van der Waals surface area contributed by atoms with Crippen LogP contribution in [0.2, 0.25) is 0 Å². The van der Waals surface area contributed by atoms with E-state index in [2.05, 4.69) is 0 Å². The smallest absolute Gasteiger partial charge is 0.252 e. The summed E-state index contributed by atoms with van der Waals surface area (Å²) in [6, 6.07) is 8.93. The molecule has 0 atom stereocenters. The summed E-state index contributed by atoms with van der Waals surface area (Å²) >= 11 is 0. The molecule has 0 saturated carbocycles. The van der Waals surface area contributed by atoms with Gasteiger partial charge in [0.25, 0.3) is 6.43 Å². The van der Waals surface area contributed by atoms with E-state index in [0.29, 0.717) is 4.31 Å². The first-order valence-electron chi connectivity index (χ1n) is 5.86. The van der Waals surface area contributed by atoms with Crippen LogP contribution in [0.1, 0.15) is 5.56 Å². The van der Waals surface area contributed by atoms with Gasteiger partial charge in [-0.3, -0.25) is 0 Å². The number of halogens is 2. The lowest BCUT2D eigenvalue weighted by atomic mass is 10.2.